The van der Waals surface area contributed by atoms with Crippen LogP contribution in [0.1, 0.15) is 5.56 Å². The molecular weight excluding hydrogens is 366 g/mol. The van der Waals surface area contributed by atoms with Crippen molar-refractivity contribution >= 4 is 32.7 Å². The van der Waals surface area contributed by atoms with E-state index in [1.807, 2.05) is 18.2 Å². The Balaban J connectivity index is 2.10. The molecule has 0 atom stereocenters. The van der Waals surface area contributed by atoms with Gasteiger partial charge in [-0.15, -0.1) is 0 Å². The van der Waals surface area contributed by atoms with Crippen LogP contribution in [0.4, 0.5) is 5.69 Å². The van der Waals surface area contributed by atoms with Gasteiger partial charge in [0.15, 0.2) is 0 Å². The van der Waals surface area contributed by atoms with E-state index < -0.39 is 4.92 Å². The van der Waals surface area contributed by atoms with Gasteiger partial charge in [-0.25, -0.2) is 4.79 Å². The number of nitro groups is 1. The van der Waals surface area contributed by atoms with Crippen LogP contribution in [-0.2, 0) is 6.54 Å². The van der Waals surface area contributed by atoms with Gasteiger partial charge in [-0.3, -0.25) is 14.7 Å². The van der Waals surface area contributed by atoms with Gasteiger partial charge in [-0.05, 0) is 24.3 Å². The molecular formula is C15H12BrN3O4. The van der Waals surface area contributed by atoms with E-state index in [1.54, 1.807) is 13.2 Å². The third-order valence-corrected chi connectivity index (χ3v) is 4.03. The van der Waals surface area contributed by atoms with Gasteiger partial charge in [0.25, 0.3) is 5.69 Å². The number of nitrogens with zero attached hydrogens (tertiary/aromatic N) is 2. The number of aromatic nitrogens is 2. The summed E-state index contributed by atoms with van der Waals surface area (Å²) in [7, 11) is 1.56. The highest BCUT2D eigenvalue weighted by molar-refractivity contribution is 9.10. The molecule has 0 aliphatic rings. The largest absolute Gasteiger partial charge is 0.496 e. The third kappa shape index (κ3) is 2.85. The average molecular weight is 378 g/mol. The van der Waals surface area contributed by atoms with E-state index in [0.29, 0.717) is 23.3 Å². The zero-order valence-corrected chi connectivity index (χ0v) is 13.7. The maximum Gasteiger partial charge on any atom is 0.326 e. The summed E-state index contributed by atoms with van der Waals surface area (Å²) in [6, 6.07) is 9.83. The normalized spacial score (nSPS) is 10.9. The Morgan fingerprint density at radius 1 is 1.30 bits per heavy atom. The molecule has 0 spiro atoms. The smallest absolute Gasteiger partial charge is 0.326 e. The van der Waals surface area contributed by atoms with Crippen LogP contribution < -0.4 is 10.4 Å². The number of ether oxygens (including phenoxy) is 1. The van der Waals surface area contributed by atoms with Crippen molar-refractivity contribution in [1.29, 1.82) is 0 Å². The fourth-order valence-electron chi connectivity index (χ4n) is 2.46. The monoisotopic (exact) mass is 377 g/mol. The maximum atomic E-state index is 12.2. The van der Waals surface area contributed by atoms with E-state index in [2.05, 4.69) is 20.9 Å². The number of fused-ring (bicyclic) bond motifs is 1. The van der Waals surface area contributed by atoms with Gasteiger partial charge < -0.3 is 9.72 Å². The Hall–Kier alpha value is -2.61. The summed E-state index contributed by atoms with van der Waals surface area (Å²) in [6.45, 7) is 0.291. The molecule has 3 rings (SSSR count). The van der Waals surface area contributed by atoms with Crippen molar-refractivity contribution in [2.45, 2.75) is 6.54 Å². The molecule has 2 aromatic carbocycles. The number of benzene rings is 2. The van der Waals surface area contributed by atoms with E-state index in [1.165, 1.54) is 16.7 Å². The SMILES string of the molecule is COc1ccc(Br)cc1Cn1c(=O)[nH]c2cc([N+](=O)[O-])ccc21. The van der Waals surface area contributed by atoms with Gasteiger partial charge in [0.2, 0.25) is 0 Å². The Bertz CT molecular complexity index is 961. The molecule has 0 saturated carbocycles. The number of nitrogens with one attached hydrogen (secondary N) is 1. The number of methoxy groups -OCH3 is 1. The second kappa shape index (κ2) is 5.88. The number of non-ortho nitro benzene ring substituents is 1. The molecule has 0 bridgehead atoms. The van der Waals surface area contributed by atoms with Gasteiger partial charge in [0.1, 0.15) is 5.75 Å². The number of hydrogen-bond donors (Lipinski definition) is 1. The van der Waals surface area contributed by atoms with Crippen molar-refractivity contribution < 1.29 is 9.66 Å². The minimum atomic E-state index is -0.494. The standard InChI is InChI=1S/C15H12BrN3O4/c1-23-14-5-2-10(16)6-9(14)8-18-13-4-3-11(19(21)22)7-12(13)17-15(18)20/h2-7H,8H2,1H3,(H,17,20). The lowest BCUT2D eigenvalue weighted by Gasteiger charge is -2.10. The van der Waals surface area contributed by atoms with Crippen LogP contribution in [0.5, 0.6) is 5.75 Å². The van der Waals surface area contributed by atoms with Crippen molar-refractivity contribution in [3.05, 3.63) is 67.0 Å². The third-order valence-electron chi connectivity index (χ3n) is 3.54. The second-order valence-electron chi connectivity index (χ2n) is 4.93. The summed E-state index contributed by atoms with van der Waals surface area (Å²) in [6.07, 6.45) is 0. The first-order chi connectivity index (χ1) is 11.0. The summed E-state index contributed by atoms with van der Waals surface area (Å²) in [5.74, 6) is 0.663. The maximum absolute atomic E-state index is 12.2. The molecule has 0 unspecified atom stereocenters. The summed E-state index contributed by atoms with van der Waals surface area (Å²) < 4.78 is 7.71. The lowest BCUT2D eigenvalue weighted by molar-refractivity contribution is -0.384. The molecule has 0 aliphatic heterocycles. The molecule has 1 aromatic heterocycles. The predicted molar refractivity (Wildman–Crippen MR) is 89.0 cm³/mol. The number of H-pyrrole nitrogens is 1. The zero-order chi connectivity index (χ0) is 16.6. The van der Waals surface area contributed by atoms with Crippen LogP contribution in [-0.4, -0.2) is 21.6 Å². The molecule has 118 valence electrons. The van der Waals surface area contributed by atoms with E-state index >= 15 is 0 Å². The van der Waals surface area contributed by atoms with Gasteiger partial charge >= 0.3 is 5.69 Å². The quantitative estimate of drug-likeness (QED) is 0.558. The molecule has 0 radical (unpaired) electrons. The van der Waals surface area contributed by atoms with Crippen LogP contribution in [0.2, 0.25) is 0 Å². The first kappa shape index (κ1) is 15.3. The highest BCUT2D eigenvalue weighted by Crippen LogP contribution is 2.25. The molecule has 3 aromatic rings. The minimum Gasteiger partial charge on any atom is -0.496 e. The van der Waals surface area contributed by atoms with Crippen LogP contribution in [0.25, 0.3) is 11.0 Å². The van der Waals surface area contributed by atoms with Crippen molar-refractivity contribution in [1.82, 2.24) is 9.55 Å². The fourth-order valence-corrected chi connectivity index (χ4v) is 2.87. The topological polar surface area (TPSA) is 90.2 Å². The highest BCUT2D eigenvalue weighted by Gasteiger charge is 2.14. The van der Waals surface area contributed by atoms with Crippen molar-refractivity contribution in [3.63, 3.8) is 0 Å². The Morgan fingerprint density at radius 2 is 2.09 bits per heavy atom. The van der Waals surface area contributed by atoms with Gasteiger partial charge in [-0.2, -0.15) is 0 Å². The van der Waals surface area contributed by atoms with Crippen LogP contribution in [0.3, 0.4) is 0 Å². The summed E-state index contributed by atoms with van der Waals surface area (Å²) in [4.78, 5) is 25.2. The van der Waals surface area contributed by atoms with E-state index in [0.717, 1.165) is 10.0 Å². The Labute approximate surface area is 138 Å². The molecule has 1 N–H and O–H groups in total. The first-order valence-corrected chi connectivity index (χ1v) is 7.48. The number of halogens is 1. The lowest BCUT2D eigenvalue weighted by Crippen LogP contribution is -2.17. The molecule has 0 fully saturated rings. The highest BCUT2D eigenvalue weighted by atomic mass is 79.9. The van der Waals surface area contributed by atoms with Crippen molar-refractivity contribution in [2.24, 2.45) is 0 Å². The number of hydrogen-bond acceptors (Lipinski definition) is 4. The van der Waals surface area contributed by atoms with E-state index in [9.17, 15) is 14.9 Å². The average Bonchev–Trinajstić information content (AvgIpc) is 2.82. The van der Waals surface area contributed by atoms with Gasteiger partial charge in [-0.1, -0.05) is 15.9 Å². The first-order valence-electron chi connectivity index (χ1n) is 6.69. The molecule has 0 amide bonds. The van der Waals surface area contributed by atoms with Gasteiger partial charge in [0.05, 0.1) is 29.6 Å². The summed E-state index contributed by atoms with van der Waals surface area (Å²) >= 11 is 3.40. The molecule has 8 heteroatoms. The minimum absolute atomic E-state index is 0.0639. The summed E-state index contributed by atoms with van der Waals surface area (Å²) in [5, 5.41) is 10.8. The number of rotatable bonds is 4. The van der Waals surface area contributed by atoms with E-state index in [-0.39, 0.29) is 11.4 Å². The number of imidazole rings is 1. The number of aromatic amines is 1. The number of nitro benzene ring substituents is 1. The lowest BCUT2D eigenvalue weighted by atomic mass is 10.2. The molecule has 7 nitrogen and oxygen atoms in total. The summed E-state index contributed by atoms with van der Waals surface area (Å²) in [5.41, 5.74) is 1.46. The van der Waals surface area contributed by atoms with Crippen LogP contribution in [0, 0.1) is 10.1 Å². The molecule has 0 saturated heterocycles. The fraction of sp³-hybridized carbons (Fsp3) is 0.133. The van der Waals surface area contributed by atoms with Crippen molar-refractivity contribution in [3.8, 4) is 5.75 Å². The Kier molecular flexibility index (Phi) is 3.91. The van der Waals surface area contributed by atoms with E-state index in [4.69, 9.17) is 4.74 Å². The van der Waals surface area contributed by atoms with Gasteiger partial charge in [0, 0.05) is 22.2 Å². The molecule has 1 heterocycles. The van der Waals surface area contributed by atoms with Crippen LogP contribution in [0.15, 0.2) is 45.7 Å². The molecule has 0 aliphatic carbocycles. The van der Waals surface area contributed by atoms with Crippen LogP contribution >= 0.6 is 15.9 Å². The van der Waals surface area contributed by atoms with Crippen molar-refractivity contribution in [2.75, 3.05) is 7.11 Å². The zero-order valence-electron chi connectivity index (χ0n) is 12.1. The predicted octanol–water partition coefficient (Wildman–Crippen LogP) is 3.06. The second-order valence-corrected chi connectivity index (χ2v) is 5.85. The molecule has 23 heavy (non-hydrogen) atoms. The Morgan fingerprint density at radius 3 is 2.78 bits per heavy atom.